The van der Waals surface area contributed by atoms with Gasteiger partial charge in [0.1, 0.15) is 0 Å². The highest BCUT2D eigenvalue weighted by molar-refractivity contribution is 6.31. The Balaban J connectivity index is 0.000000786. The molecule has 7 nitrogen and oxygen atoms in total. The van der Waals surface area contributed by atoms with Crippen LogP contribution in [-0.2, 0) is 14.3 Å². The smallest absolute Gasteiger partial charge is 0.300 e. The fourth-order valence-electron chi connectivity index (χ4n) is 4.17. The summed E-state index contributed by atoms with van der Waals surface area (Å²) < 4.78 is 10.9. The molecule has 2 N–H and O–H groups in total. The SMILES string of the molecule is CC(=O)O.COC(OC)c1ccc2c(c1)N=C1C=C(Nc3ccc(Cl)cc3)CC=C1N2c1ccc(Cl)cc1. The van der Waals surface area contributed by atoms with Crippen molar-refractivity contribution < 1.29 is 19.4 Å². The lowest BCUT2D eigenvalue weighted by Crippen LogP contribution is -2.27. The summed E-state index contributed by atoms with van der Waals surface area (Å²) >= 11 is 12.2. The molecule has 1 aliphatic heterocycles. The number of hydrogen-bond acceptors (Lipinski definition) is 6. The Labute approximate surface area is 231 Å². The molecule has 1 aliphatic carbocycles. The number of aliphatic imine (C=N–C) groups is 1. The summed E-state index contributed by atoms with van der Waals surface area (Å²) in [7, 11) is 3.25. The molecule has 0 bridgehead atoms. The van der Waals surface area contributed by atoms with Crippen LogP contribution in [0.25, 0.3) is 0 Å². The minimum atomic E-state index is -0.833. The summed E-state index contributed by atoms with van der Waals surface area (Å²) in [6.45, 7) is 1.08. The van der Waals surface area contributed by atoms with Crippen LogP contribution in [0.3, 0.4) is 0 Å². The van der Waals surface area contributed by atoms with E-state index in [4.69, 9.17) is 47.6 Å². The number of benzene rings is 3. The molecule has 38 heavy (non-hydrogen) atoms. The molecule has 3 aromatic rings. The molecule has 1 heterocycles. The van der Waals surface area contributed by atoms with E-state index in [-0.39, 0.29) is 0 Å². The Morgan fingerprint density at radius 3 is 2.21 bits per heavy atom. The third-order valence-corrected chi connectivity index (χ3v) is 6.25. The Kier molecular flexibility index (Phi) is 8.86. The molecule has 0 fully saturated rings. The summed E-state index contributed by atoms with van der Waals surface area (Å²) in [6, 6.07) is 21.6. The summed E-state index contributed by atoms with van der Waals surface area (Å²) in [5.41, 5.74) is 7.65. The zero-order valence-electron chi connectivity index (χ0n) is 21.1. The van der Waals surface area contributed by atoms with Crippen molar-refractivity contribution in [1.29, 1.82) is 0 Å². The number of fused-ring (bicyclic) bond motifs is 2. The number of hydrogen-bond donors (Lipinski definition) is 2. The van der Waals surface area contributed by atoms with Gasteiger partial charge in [-0.25, -0.2) is 4.99 Å². The fourth-order valence-corrected chi connectivity index (χ4v) is 4.42. The number of halogens is 2. The number of carboxylic acid groups (broad SMARTS) is 1. The summed E-state index contributed by atoms with van der Waals surface area (Å²) in [6.07, 6.45) is 4.56. The number of aliphatic carboxylic acids is 1. The predicted molar refractivity (Wildman–Crippen MR) is 153 cm³/mol. The molecule has 0 radical (unpaired) electrons. The molecule has 3 aromatic carbocycles. The molecule has 9 heteroatoms. The van der Waals surface area contributed by atoms with E-state index >= 15 is 0 Å². The molecule has 0 unspecified atom stereocenters. The standard InChI is InChI=1S/C27H23Cl2N3O2.C2H4O2/c1-33-27(34-2)17-3-13-25-23(15-17)31-24-16-21(30-20-8-4-18(28)5-9-20)10-14-26(24)32(25)22-11-6-19(29)7-12-22;1-2(3)4/h3-9,11-16,27,30H,10H2,1-2H3;1H3,(H,3,4). The van der Waals surface area contributed by atoms with Crippen molar-refractivity contribution in [2.45, 2.75) is 19.6 Å². The number of nitrogens with one attached hydrogen (secondary N) is 1. The van der Waals surface area contributed by atoms with Crippen LogP contribution in [0.4, 0.5) is 22.7 Å². The van der Waals surface area contributed by atoms with Crippen molar-refractivity contribution in [2.75, 3.05) is 24.4 Å². The maximum Gasteiger partial charge on any atom is 0.300 e. The molecule has 196 valence electrons. The lowest BCUT2D eigenvalue weighted by atomic mass is 10.00. The fraction of sp³-hybridized carbons (Fsp3) is 0.172. The average Bonchev–Trinajstić information content (AvgIpc) is 2.89. The van der Waals surface area contributed by atoms with Gasteiger partial charge in [-0.05, 0) is 66.7 Å². The van der Waals surface area contributed by atoms with E-state index < -0.39 is 12.3 Å². The minimum absolute atomic E-state index is 0.463. The molecule has 2 aliphatic rings. The van der Waals surface area contributed by atoms with Crippen molar-refractivity contribution in [3.63, 3.8) is 0 Å². The largest absolute Gasteiger partial charge is 0.481 e. The first kappa shape index (κ1) is 27.4. The second-order valence-electron chi connectivity index (χ2n) is 8.47. The van der Waals surface area contributed by atoms with E-state index in [9.17, 15) is 0 Å². The molecule has 5 rings (SSSR count). The molecule has 0 atom stereocenters. The van der Waals surface area contributed by atoms with Crippen LogP contribution in [0.1, 0.15) is 25.2 Å². The van der Waals surface area contributed by atoms with Crippen LogP contribution in [0, 0.1) is 0 Å². The Morgan fingerprint density at radius 2 is 1.61 bits per heavy atom. The molecule has 0 saturated carbocycles. The van der Waals surface area contributed by atoms with Gasteiger partial charge in [-0.1, -0.05) is 35.3 Å². The normalized spacial score (nSPS) is 13.8. The quantitative estimate of drug-likeness (QED) is 0.303. The van der Waals surface area contributed by atoms with Crippen molar-refractivity contribution >= 4 is 57.6 Å². The monoisotopic (exact) mass is 551 g/mol. The van der Waals surface area contributed by atoms with Gasteiger partial charge in [0.05, 0.1) is 22.8 Å². The van der Waals surface area contributed by atoms with Gasteiger partial charge in [0.25, 0.3) is 5.97 Å². The number of allylic oxidation sites excluding steroid dienone is 2. The van der Waals surface area contributed by atoms with Crippen molar-refractivity contribution in [3.8, 4) is 0 Å². The van der Waals surface area contributed by atoms with Crippen LogP contribution in [-0.4, -0.2) is 31.0 Å². The molecule has 0 aromatic heterocycles. The maximum atomic E-state index is 9.00. The summed E-state index contributed by atoms with van der Waals surface area (Å²) in [5.74, 6) is -0.833. The average molecular weight is 552 g/mol. The highest BCUT2D eigenvalue weighted by Gasteiger charge is 2.28. The van der Waals surface area contributed by atoms with Crippen LogP contribution in [0.5, 0.6) is 0 Å². The number of carboxylic acids is 1. The third-order valence-electron chi connectivity index (χ3n) is 5.75. The van der Waals surface area contributed by atoms with Gasteiger partial charge < -0.3 is 24.8 Å². The summed E-state index contributed by atoms with van der Waals surface area (Å²) in [4.78, 5) is 16.2. The second-order valence-corrected chi connectivity index (χ2v) is 9.35. The lowest BCUT2D eigenvalue weighted by molar-refractivity contribution is -0.134. The highest BCUT2D eigenvalue weighted by atomic mass is 35.5. The van der Waals surface area contributed by atoms with Crippen LogP contribution >= 0.6 is 23.2 Å². The zero-order valence-corrected chi connectivity index (χ0v) is 22.6. The van der Waals surface area contributed by atoms with Gasteiger partial charge in [-0.15, -0.1) is 0 Å². The number of nitrogens with zero attached hydrogens (tertiary/aromatic N) is 2. The van der Waals surface area contributed by atoms with Gasteiger partial charge in [0.15, 0.2) is 6.29 Å². The van der Waals surface area contributed by atoms with Gasteiger partial charge in [0.2, 0.25) is 0 Å². The van der Waals surface area contributed by atoms with Crippen LogP contribution in [0.15, 0.2) is 95.3 Å². The number of carbonyl (C=O) groups is 1. The summed E-state index contributed by atoms with van der Waals surface area (Å²) in [5, 5.41) is 12.3. The molecular formula is C29H27Cl2N3O4. The van der Waals surface area contributed by atoms with Crippen molar-refractivity contribution in [2.24, 2.45) is 4.99 Å². The molecule has 0 saturated heterocycles. The first-order valence-corrected chi connectivity index (χ1v) is 12.5. The lowest BCUT2D eigenvalue weighted by Gasteiger charge is -2.34. The highest BCUT2D eigenvalue weighted by Crippen LogP contribution is 2.44. The van der Waals surface area contributed by atoms with Gasteiger partial charge in [0, 0.05) is 60.2 Å². The maximum absolute atomic E-state index is 9.00. The van der Waals surface area contributed by atoms with E-state index in [1.54, 1.807) is 14.2 Å². The molecule has 0 amide bonds. The van der Waals surface area contributed by atoms with E-state index in [1.165, 1.54) is 0 Å². The Hall–Kier alpha value is -3.62. The van der Waals surface area contributed by atoms with Crippen LogP contribution in [0.2, 0.25) is 10.0 Å². The zero-order chi connectivity index (χ0) is 27.2. The van der Waals surface area contributed by atoms with Gasteiger partial charge >= 0.3 is 0 Å². The van der Waals surface area contributed by atoms with E-state index in [0.29, 0.717) is 10.0 Å². The minimum Gasteiger partial charge on any atom is -0.481 e. The number of methoxy groups -OCH3 is 2. The van der Waals surface area contributed by atoms with E-state index in [0.717, 1.165) is 58.8 Å². The first-order chi connectivity index (χ1) is 18.3. The number of ether oxygens (including phenoxy) is 2. The Bertz CT molecular complexity index is 1390. The molecule has 0 spiro atoms. The first-order valence-electron chi connectivity index (χ1n) is 11.8. The number of anilines is 3. The second kappa shape index (κ2) is 12.3. The predicted octanol–water partition coefficient (Wildman–Crippen LogP) is 7.88. The Morgan fingerprint density at radius 1 is 1.00 bits per heavy atom. The van der Waals surface area contributed by atoms with Crippen LogP contribution < -0.4 is 10.2 Å². The third kappa shape index (κ3) is 6.44. The van der Waals surface area contributed by atoms with E-state index in [1.807, 2.05) is 60.7 Å². The number of rotatable bonds is 6. The molecular weight excluding hydrogens is 525 g/mol. The van der Waals surface area contributed by atoms with Crippen molar-refractivity contribution in [1.82, 2.24) is 0 Å². The van der Waals surface area contributed by atoms with E-state index in [2.05, 4.69) is 28.4 Å². The van der Waals surface area contributed by atoms with Gasteiger partial charge in [-0.2, -0.15) is 0 Å². The van der Waals surface area contributed by atoms with Crippen molar-refractivity contribution in [3.05, 3.63) is 106 Å². The van der Waals surface area contributed by atoms with Gasteiger partial charge in [-0.3, -0.25) is 4.79 Å². The topological polar surface area (TPSA) is 83.4 Å².